The zero-order chi connectivity index (χ0) is 22.9. The molecule has 1 aliphatic carbocycles. The number of fused-ring (bicyclic) bond motifs is 2. The van der Waals surface area contributed by atoms with Crippen molar-refractivity contribution < 1.29 is 13.9 Å². The zero-order valence-electron chi connectivity index (χ0n) is 18.5. The fourth-order valence-electron chi connectivity index (χ4n) is 4.66. The van der Waals surface area contributed by atoms with Crippen LogP contribution in [0.3, 0.4) is 0 Å². The SMILES string of the molecule is Cn1c(=O)oc2ccc(-c3ccc(C[C@@H](C#N)NC(=O)C4CNCCCO4)c4c3CC4)cc21. The quantitative estimate of drug-likeness (QED) is 0.619. The molecule has 3 aromatic rings. The summed E-state index contributed by atoms with van der Waals surface area (Å²) in [6.07, 6.45) is 2.68. The van der Waals surface area contributed by atoms with Gasteiger partial charge in [-0.05, 0) is 65.8 Å². The molecule has 1 aromatic heterocycles. The molecule has 0 radical (unpaired) electrons. The minimum absolute atomic E-state index is 0.245. The van der Waals surface area contributed by atoms with Crippen molar-refractivity contribution in [2.75, 3.05) is 19.7 Å². The minimum Gasteiger partial charge on any atom is -0.408 e. The largest absolute Gasteiger partial charge is 0.419 e. The van der Waals surface area contributed by atoms with Crippen molar-refractivity contribution in [1.29, 1.82) is 5.26 Å². The molecule has 2 heterocycles. The molecule has 0 spiro atoms. The molecule has 1 amide bonds. The van der Waals surface area contributed by atoms with Crippen LogP contribution < -0.4 is 16.4 Å². The average molecular weight is 447 g/mol. The molecule has 33 heavy (non-hydrogen) atoms. The molecule has 8 heteroatoms. The van der Waals surface area contributed by atoms with Crippen molar-refractivity contribution in [1.82, 2.24) is 15.2 Å². The summed E-state index contributed by atoms with van der Waals surface area (Å²) in [4.78, 5) is 24.4. The summed E-state index contributed by atoms with van der Waals surface area (Å²) in [6, 6.07) is 11.5. The second-order valence-electron chi connectivity index (χ2n) is 8.65. The van der Waals surface area contributed by atoms with Gasteiger partial charge >= 0.3 is 5.76 Å². The molecule has 2 N–H and O–H groups in total. The van der Waals surface area contributed by atoms with E-state index in [1.807, 2.05) is 24.3 Å². The number of ether oxygens (including phenoxy) is 1. The molecule has 5 rings (SSSR count). The molecule has 1 unspecified atom stereocenters. The molecular formula is C25H26N4O4. The first-order valence-electron chi connectivity index (χ1n) is 11.3. The van der Waals surface area contributed by atoms with Crippen LogP contribution in [-0.2, 0) is 35.8 Å². The van der Waals surface area contributed by atoms with Crippen LogP contribution in [0, 0.1) is 11.3 Å². The summed E-state index contributed by atoms with van der Waals surface area (Å²) < 4.78 is 12.4. The highest BCUT2D eigenvalue weighted by atomic mass is 16.5. The second kappa shape index (κ2) is 8.85. The van der Waals surface area contributed by atoms with Gasteiger partial charge in [0.2, 0.25) is 0 Å². The lowest BCUT2D eigenvalue weighted by atomic mass is 9.78. The second-order valence-corrected chi connectivity index (χ2v) is 8.65. The Bertz CT molecular complexity index is 1310. The van der Waals surface area contributed by atoms with E-state index < -0.39 is 12.1 Å². The molecule has 2 atom stereocenters. The van der Waals surface area contributed by atoms with Crippen molar-refractivity contribution in [3.63, 3.8) is 0 Å². The van der Waals surface area contributed by atoms with E-state index in [-0.39, 0.29) is 11.7 Å². The van der Waals surface area contributed by atoms with Crippen LogP contribution in [0.2, 0.25) is 0 Å². The number of nitrogens with zero attached hydrogens (tertiary/aromatic N) is 2. The number of aryl methyl sites for hydroxylation is 1. The van der Waals surface area contributed by atoms with Crippen molar-refractivity contribution >= 4 is 17.0 Å². The van der Waals surface area contributed by atoms with E-state index in [0.29, 0.717) is 25.2 Å². The van der Waals surface area contributed by atoms with E-state index in [4.69, 9.17) is 9.15 Å². The lowest BCUT2D eigenvalue weighted by molar-refractivity contribution is -0.132. The first-order chi connectivity index (χ1) is 16.0. The summed E-state index contributed by atoms with van der Waals surface area (Å²) in [5, 5.41) is 15.7. The lowest BCUT2D eigenvalue weighted by Gasteiger charge is -2.27. The number of oxazole rings is 1. The minimum atomic E-state index is -0.614. The molecular weight excluding hydrogens is 420 g/mol. The summed E-state index contributed by atoms with van der Waals surface area (Å²) in [5.74, 6) is -0.620. The summed E-state index contributed by atoms with van der Waals surface area (Å²) in [6.45, 7) is 1.82. The third kappa shape index (κ3) is 4.06. The van der Waals surface area contributed by atoms with Gasteiger partial charge in [-0.15, -0.1) is 0 Å². The maximum atomic E-state index is 12.6. The summed E-state index contributed by atoms with van der Waals surface area (Å²) >= 11 is 0. The van der Waals surface area contributed by atoms with Crippen molar-refractivity contribution in [3.8, 4) is 17.2 Å². The summed E-state index contributed by atoms with van der Waals surface area (Å²) in [5.41, 5.74) is 7.09. The standard InChI is InChI=1S/C25H26N4O4/c1-29-21-12-16(4-8-22(21)33-25(29)31)18-5-3-15(19-6-7-20(18)19)11-17(13-26)28-24(30)23-14-27-9-2-10-32-23/h3-5,8,12,17,23,27H,2,6-7,9-11,14H2,1H3,(H,28,30)/t17-,23?/m0/s1. The Morgan fingerprint density at radius 2 is 2.15 bits per heavy atom. The van der Waals surface area contributed by atoms with Crippen LogP contribution in [0.1, 0.15) is 23.1 Å². The number of carbonyl (C=O) groups excluding carboxylic acids is 1. The number of hydrogen-bond donors (Lipinski definition) is 2. The predicted octanol–water partition coefficient (Wildman–Crippen LogP) is 1.83. The highest BCUT2D eigenvalue weighted by Crippen LogP contribution is 2.37. The van der Waals surface area contributed by atoms with Crippen LogP contribution in [-0.4, -0.2) is 42.3 Å². The van der Waals surface area contributed by atoms with E-state index >= 15 is 0 Å². The number of nitrogens with one attached hydrogen (secondary N) is 2. The van der Waals surface area contributed by atoms with Crippen LogP contribution in [0.25, 0.3) is 22.2 Å². The fourth-order valence-corrected chi connectivity index (χ4v) is 4.66. The molecule has 2 aliphatic rings. The van der Waals surface area contributed by atoms with Gasteiger partial charge in [0.15, 0.2) is 5.58 Å². The Morgan fingerprint density at radius 3 is 2.94 bits per heavy atom. The van der Waals surface area contributed by atoms with Crippen molar-refractivity contribution in [3.05, 3.63) is 57.6 Å². The molecule has 170 valence electrons. The number of amides is 1. The van der Waals surface area contributed by atoms with Crippen molar-refractivity contribution in [2.45, 2.75) is 37.8 Å². The Kier molecular flexibility index (Phi) is 5.75. The van der Waals surface area contributed by atoms with Gasteiger partial charge in [-0.25, -0.2) is 4.79 Å². The van der Waals surface area contributed by atoms with Crippen molar-refractivity contribution in [2.24, 2.45) is 7.05 Å². The van der Waals surface area contributed by atoms with Gasteiger partial charge in [0.05, 0.1) is 11.6 Å². The molecule has 8 nitrogen and oxygen atoms in total. The predicted molar refractivity (Wildman–Crippen MR) is 123 cm³/mol. The monoisotopic (exact) mass is 446 g/mol. The number of carbonyl (C=O) groups is 1. The number of nitriles is 1. The fraction of sp³-hybridized carbons (Fsp3) is 0.400. The third-order valence-electron chi connectivity index (χ3n) is 6.59. The van der Waals surface area contributed by atoms with E-state index in [2.05, 4.69) is 22.8 Å². The van der Waals surface area contributed by atoms with Crippen LogP contribution >= 0.6 is 0 Å². The lowest BCUT2D eigenvalue weighted by Crippen LogP contribution is -2.46. The van der Waals surface area contributed by atoms with Crippen LogP contribution in [0.5, 0.6) is 0 Å². The van der Waals surface area contributed by atoms with Gasteiger partial charge in [-0.2, -0.15) is 5.26 Å². The van der Waals surface area contributed by atoms with E-state index in [1.165, 1.54) is 15.7 Å². The normalized spacial score (nSPS) is 18.6. The van der Waals surface area contributed by atoms with Crippen LogP contribution in [0.15, 0.2) is 39.5 Å². The Hall–Kier alpha value is -3.41. The molecule has 0 saturated carbocycles. The molecule has 0 bridgehead atoms. The first kappa shape index (κ1) is 21.4. The average Bonchev–Trinajstić information content (AvgIpc) is 2.97. The Labute approximate surface area is 191 Å². The Morgan fingerprint density at radius 1 is 1.30 bits per heavy atom. The molecule has 1 fully saturated rings. The molecule has 2 aromatic carbocycles. The molecule has 1 aliphatic heterocycles. The molecule has 1 saturated heterocycles. The highest BCUT2D eigenvalue weighted by molar-refractivity contribution is 5.83. The van der Waals surface area contributed by atoms with E-state index in [9.17, 15) is 14.9 Å². The number of benzene rings is 2. The third-order valence-corrected chi connectivity index (χ3v) is 6.59. The van der Waals surface area contributed by atoms with Gasteiger partial charge in [-0.3, -0.25) is 9.36 Å². The van der Waals surface area contributed by atoms with Gasteiger partial charge in [0.1, 0.15) is 12.1 Å². The van der Waals surface area contributed by atoms with Gasteiger partial charge < -0.3 is 19.8 Å². The number of rotatable bonds is 5. The van der Waals surface area contributed by atoms with Gasteiger partial charge in [0, 0.05) is 26.6 Å². The maximum absolute atomic E-state index is 12.6. The smallest absolute Gasteiger partial charge is 0.408 e. The topological polar surface area (TPSA) is 109 Å². The van der Waals surface area contributed by atoms with Crippen LogP contribution in [0.4, 0.5) is 0 Å². The van der Waals surface area contributed by atoms with E-state index in [0.717, 1.165) is 48.0 Å². The highest BCUT2D eigenvalue weighted by Gasteiger charge is 2.26. The van der Waals surface area contributed by atoms with Gasteiger partial charge in [-0.1, -0.05) is 18.2 Å². The Balaban J connectivity index is 1.36. The maximum Gasteiger partial charge on any atom is 0.419 e. The number of aromatic nitrogens is 1. The van der Waals surface area contributed by atoms with E-state index in [1.54, 1.807) is 7.05 Å². The van der Waals surface area contributed by atoms with Gasteiger partial charge in [0.25, 0.3) is 5.91 Å². The first-order valence-corrected chi connectivity index (χ1v) is 11.3. The summed E-state index contributed by atoms with van der Waals surface area (Å²) in [7, 11) is 1.70. The number of hydrogen-bond acceptors (Lipinski definition) is 6. The zero-order valence-corrected chi connectivity index (χ0v) is 18.5.